The van der Waals surface area contributed by atoms with Gasteiger partial charge in [0.2, 0.25) is 0 Å². The van der Waals surface area contributed by atoms with Crippen LogP contribution in [0.4, 0.5) is 0 Å². The van der Waals surface area contributed by atoms with E-state index in [0.29, 0.717) is 0 Å². The van der Waals surface area contributed by atoms with E-state index in [1.165, 1.54) is 53.9 Å². The fourth-order valence-electron chi connectivity index (χ4n) is 6.55. The molecule has 6 nitrogen and oxygen atoms in total. The number of hydrogen-bond acceptors (Lipinski definition) is 4. The third-order valence-electron chi connectivity index (χ3n) is 8.61. The Hall–Kier alpha value is -3.22. The molecular weight excluding hydrogens is 482 g/mol. The van der Waals surface area contributed by atoms with E-state index in [1.54, 1.807) is 0 Å². The summed E-state index contributed by atoms with van der Waals surface area (Å²) in [5, 5.41) is 12.2. The first-order chi connectivity index (χ1) is 19.3. The van der Waals surface area contributed by atoms with Crippen molar-refractivity contribution in [2.75, 3.05) is 32.8 Å². The molecule has 0 amide bonds. The van der Waals surface area contributed by atoms with Gasteiger partial charge in [0.1, 0.15) is 11.2 Å². The highest BCUT2D eigenvalue weighted by Crippen LogP contribution is 2.41. The van der Waals surface area contributed by atoms with Crippen molar-refractivity contribution in [3.8, 4) is 0 Å². The van der Waals surface area contributed by atoms with Crippen LogP contribution in [-0.4, -0.2) is 57.3 Å². The number of benzene rings is 3. The van der Waals surface area contributed by atoms with E-state index in [-0.39, 0.29) is 5.66 Å². The maximum Gasteiger partial charge on any atom is 0.141 e. The zero-order chi connectivity index (χ0) is 26.5. The Kier molecular flexibility index (Phi) is 7.93. The quantitative estimate of drug-likeness (QED) is 0.162. The average Bonchev–Trinajstić information content (AvgIpc) is 3.58. The lowest BCUT2D eigenvalue weighted by atomic mass is 9.95. The van der Waals surface area contributed by atoms with Crippen LogP contribution in [0, 0.1) is 0 Å². The van der Waals surface area contributed by atoms with Crippen molar-refractivity contribution in [1.29, 1.82) is 0 Å². The first-order valence-corrected chi connectivity index (χ1v) is 14.9. The Bertz CT molecular complexity index is 1460. The monoisotopic (exact) mass is 523 g/mol. The number of nitrogens with zero attached hydrogens (tertiary/aromatic N) is 5. The van der Waals surface area contributed by atoms with Gasteiger partial charge in [-0.25, -0.2) is 4.68 Å². The van der Waals surface area contributed by atoms with Crippen molar-refractivity contribution in [1.82, 2.24) is 24.5 Å². The van der Waals surface area contributed by atoms with Crippen LogP contribution < -0.4 is 0 Å². The second-order valence-electron chi connectivity index (χ2n) is 11.1. The summed E-state index contributed by atoms with van der Waals surface area (Å²) in [6.45, 7) is 6.87. The van der Waals surface area contributed by atoms with E-state index in [2.05, 4.69) is 99.0 Å². The SMILES string of the molecule is CCCCCCCCC(CCN1CCOCC1)(n1nnc2ccccc21)n1c2ccccc2c2ccccc21. The van der Waals surface area contributed by atoms with Gasteiger partial charge < -0.3 is 9.30 Å². The lowest BCUT2D eigenvalue weighted by molar-refractivity contribution is 0.0282. The van der Waals surface area contributed by atoms with Crippen LogP contribution in [0.1, 0.15) is 58.3 Å². The van der Waals surface area contributed by atoms with E-state index in [9.17, 15) is 0 Å². The second kappa shape index (κ2) is 11.9. The summed E-state index contributed by atoms with van der Waals surface area (Å²) < 4.78 is 10.6. The first kappa shape index (κ1) is 26.0. The Morgan fingerprint density at radius 1 is 0.718 bits per heavy atom. The Labute approximate surface area is 231 Å². The number of aromatic nitrogens is 4. The summed E-state index contributed by atoms with van der Waals surface area (Å²) in [4.78, 5) is 2.56. The van der Waals surface area contributed by atoms with Crippen molar-refractivity contribution in [3.05, 3.63) is 72.8 Å². The molecule has 39 heavy (non-hydrogen) atoms. The van der Waals surface area contributed by atoms with Gasteiger partial charge in [0, 0.05) is 36.8 Å². The number of unbranched alkanes of at least 4 members (excludes halogenated alkanes) is 5. The summed E-state index contributed by atoms with van der Waals surface area (Å²) >= 11 is 0. The van der Waals surface area contributed by atoms with Gasteiger partial charge in [0.25, 0.3) is 0 Å². The summed E-state index contributed by atoms with van der Waals surface area (Å²) in [5.41, 5.74) is 4.21. The summed E-state index contributed by atoms with van der Waals surface area (Å²) in [5.74, 6) is 0. The maximum atomic E-state index is 5.69. The molecule has 0 N–H and O–H groups in total. The molecular formula is C33H41N5O. The molecule has 0 saturated carbocycles. The van der Waals surface area contributed by atoms with Gasteiger partial charge in [-0.05, 0) is 37.1 Å². The second-order valence-corrected chi connectivity index (χ2v) is 11.1. The highest BCUT2D eigenvalue weighted by Gasteiger charge is 2.39. The van der Waals surface area contributed by atoms with Crippen molar-refractivity contribution < 1.29 is 4.74 Å². The fraction of sp³-hybridized carbons (Fsp3) is 0.455. The lowest BCUT2D eigenvalue weighted by Gasteiger charge is -2.40. The first-order valence-electron chi connectivity index (χ1n) is 14.9. The fourth-order valence-corrected chi connectivity index (χ4v) is 6.55. The van der Waals surface area contributed by atoms with Crippen LogP contribution in [0.5, 0.6) is 0 Å². The third kappa shape index (κ3) is 5.08. The number of rotatable bonds is 12. The van der Waals surface area contributed by atoms with E-state index in [4.69, 9.17) is 9.95 Å². The molecule has 1 aliphatic rings. The van der Waals surface area contributed by atoms with Gasteiger partial charge in [-0.2, -0.15) is 0 Å². The molecule has 1 saturated heterocycles. The van der Waals surface area contributed by atoms with Crippen molar-refractivity contribution in [2.24, 2.45) is 0 Å². The molecule has 1 atom stereocenters. The number of hydrogen-bond donors (Lipinski definition) is 0. The highest BCUT2D eigenvalue weighted by molar-refractivity contribution is 6.08. The standard InChI is InChI=1S/C33H41N5O/c1-2-3-4-5-6-13-20-33(21-22-36-23-25-39-26-24-36,38-32-19-12-9-16-29(32)34-35-38)37-30-17-10-7-14-27(30)28-15-8-11-18-31(28)37/h7-12,14-19H,2-6,13,20-26H2,1H3. The van der Waals surface area contributed by atoms with Gasteiger partial charge in [-0.3, -0.25) is 4.90 Å². The summed E-state index contributed by atoms with van der Waals surface area (Å²) in [7, 11) is 0. The predicted octanol–water partition coefficient (Wildman–Crippen LogP) is 7.21. The molecule has 6 rings (SSSR count). The normalized spacial score (nSPS) is 16.3. The molecule has 1 aliphatic heterocycles. The third-order valence-corrected chi connectivity index (χ3v) is 8.61. The van der Waals surface area contributed by atoms with Crippen LogP contribution in [0.3, 0.4) is 0 Å². The molecule has 0 radical (unpaired) electrons. The molecule has 6 heteroatoms. The van der Waals surface area contributed by atoms with E-state index in [1.807, 2.05) is 0 Å². The minimum absolute atomic E-state index is 0.387. The van der Waals surface area contributed by atoms with Crippen LogP contribution in [-0.2, 0) is 10.4 Å². The van der Waals surface area contributed by atoms with Gasteiger partial charge in [-0.15, -0.1) is 5.10 Å². The lowest BCUT2D eigenvalue weighted by Crippen LogP contribution is -2.46. The van der Waals surface area contributed by atoms with Crippen molar-refractivity contribution in [3.63, 3.8) is 0 Å². The van der Waals surface area contributed by atoms with Gasteiger partial charge >= 0.3 is 0 Å². The zero-order valence-corrected chi connectivity index (χ0v) is 23.3. The minimum Gasteiger partial charge on any atom is -0.379 e. The molecule has 3 heterocycles. The van der Waals surface area contributed by atoms with Crippen LogP contribution in [0.25, 0.3) is 32.8 Å². The number of para-hydroxylation sites is 3. The van der Waals surface area contributed by atoms with E-state index in [0.717, 1.165) is 63.1 Å². The summed E-state index contributed by atoms with van der Waals surface area (Å²) in [6, 6.07) is 26.2. The van der Waals surface area contributed by atoms with Gasteiger partial charge in [-0.1, -0.05) is 92.8 Å². The van der Waals surface area contributed by atoms with Crippen LogP contribution in [0.15, 0.2) is 72.8 Å². The topological polar surface area (TPSA) is 48.1 Å². The summed E-state index contributed by atoms with van der Waals surface area (Å²) in [6.07, 6.45) is 9.57. The Balaban J connectivity index is 1.53. The molecule has 3 aromatic carbocycles. The van der Waals surface area contributed by atoms with Crippen molar-refractivity contribution in [2.45, 2.75) is 64.0 Å². The molecule has 0 aliphatic carbocycles. The molecule has 1 unspecified atom stereocenters. The van der Waals surface area contributed by atoms with Crippen molar-refractivity contribution >= 4 is 32.8 Å². The highest BCUT2D eigenvalue weighted by atomic mass is 16.5. The number of morpholine rings is 1. The molecule has 1 fully saturated rings. The largest absolute Gasteiger partial charge is 0.379 e. The van der Waals surface area contributed by atoms with E-state index >= 15 is 0 Å². The molecule has 5 aromatic rings. The molecule has 0 spiro atoms. The maximum absolute atomic E-state index is 5.69. The Morgan fingerprint density at radius 3 is 2.05 bits per heavy atom. The van der Waals surface area contributed by atoms with E-state index < -0.39 is 0 Å². The smallest absolute Gasteiger partial charge is 0.141 e. The van der Waals surface area contributed by atoms with Gasteiger partial charge in [0.15, 0.2) is 0 Å². The minimum atomic E-state index is -0.387. The average molecular weight is 524 g/mol. The number of ether oxygens (including phenoxy) is 1. The van der Waals surface area contributed by atoms with Crippen LogP contribution >= 0.6 is 0 Å². The predicted molar refractivity (Wildman–Crippen MR) is 160 cm³/mol. The molecule has 204 valence electrons. The molecule has 2 aromatic heterocycles. The number of fused-ring (bicyclic) bond motifs is 4. The van der Waals surface area contributed by atoms with Gasteiger partial charge in [0.05, 0.1) is 29.8 Å². The zero-order valence-electron chi connectivity index (χ0n) is 23.3. The van der Waals surface area contributed by atoms with Crippen LogP contribution in [0.2, 0.25) is 0 Å². The molecule has 0 bridgehead atoms. The Morgan fingerprint density at radius 2 is 1.33 bits per heavy atom.